The van der Waals surface area contributed by atoms with Crippen LogP contribution in [0.3, 0.4) is 0 Å². The van der Waals surface area contributed by atoms with Crippen molar-refractivity contribution in [3.05, 3.63) is 46.1 Å². The lowest BCUT2D eigenvalue weighted by molar-refractivity contribution is -0.115. The molecule has 0 radical (unpaired) electrons. The van der Waals surface area contributed by atoms with Crippen molar-refractivity contribution in [2.24, 2.45) is 5.73 Å². The van der Waals surface area contributed by atoms with Gasteiger partial charge in [0.25, 0.3) is 0 Å². The van der Waals surface area contributed by atoms with Gasteiger partial charge in [-0.1, -0.05) is 34.9 Å². The normalized spacial score (nSPS) is 17.6. The van der Waals surface area contributed by atoms with Gasteiger partial charge in [0, 0.05) is 16.3 Å². The second kappa shape index (κ2) is 4.61. The number of allylic oxidation sites excluding steroid dienone is 1. The van der Waals surface area contributed by atoms with Gasteiger partial charge in [-0.2, -0.15) is 4.68 Å². The summed E-state index contributed by atoms with van der Waals surface area (Å²) in [6, 6.07) is 6.68. The Kier molecular flexibility index (Phi) is 2.90. The second-order valence-corrected chi connectivity index (χ2v) is 4.81. The van der Waals surface area contributed by atoms with Gasteiger partial charge in [0.15, 0.2) is 0 Å². The lowest BCUT2D eigenvalue weighted by atomic mass is 9.95. The molecule has 7 nitrogen and oxygen atoms in total. The molecule has 8 heteroatoms. The molecule has 0 spiro atoms. The number of amides is 1. The maximum Gasteiger partial charge on any atom is 0.248 e. The fraction of sp³-hybridized carbons (Fsp3) is 0.167. The van der Waals surface area contributed by atoms with E-state index in [4.69, 9.17) is 17.3 Å². The number of halogens is 1. The first-order chi connectivity index (χ1) is 9.59. The quantitative estimate of drug-likeness (QED) is 0.863. The third-order valence-corrected chi connectivity index (χ3v) is 3.52. The Morgan fingerprint density at radius 2 is 2.20 bits per heavy atom. The van der Waals surface area contributed by atoms with Crippen molar-refractivity contribution in [1.29, 1.82) is 0 Å². The van der Waals surface area contributed by atoms with E-state index in [2.05, 4.69) is 20.8 Å². The Morgan fingerprint density at radius 3 is 2.90 bits per heavy atom. The molecular weight excluding hydrogens is 280 g/mol. The minimum Gasteiger partial charge on any atom is -0.366 e. The molecule has 3 rings (SSSR count). The molecular formula is C12H11ClN6O. The number of nitrogens with one attached hydrogen (secondary N) is 1. The molecule has 20 heavy (non-hydrogen) atoms. The molecule has 2 heterocycles. The lowest BCUT2D eigenvalue weighted by Gasteiger charge is -2.27. The summed E-state index contributed by atoms with van der Waals surface area (Å²) in [5, 5.41) is 14.9. The van der Waals surface area contributed by atoms with Gasteiger partial charge in [-0.3, -0.25) is 4.79 Å². The number of anilines is 1. The average Bonchev–Trinajstić information content (AvgIpc) is 2.85. The van der Waals surface area contributed by atoms with Gasteiger partial charge in [0.2, 0.25) is 11.9 Å². The Hall–Kier alpha value is -2.41. The number of tetrazole rings is 1. The number of aromatic nitrogens is 4. The summed E-state index contributed by atoms with van der Waals surface area (Å²) in [5.74, 6) is -0.0986. The molecule has 3 N–H and O–H groups in total. The van der Waals surface area contributed by atoms with Crippen molar-refractivity contribution in [2.45, 2.75) is 13.0 Å². The zero-order valence-electron chi connectivity index (χ0n) is 10.5. The Morgan fingerprint density at radius 1 is 1.45 bits per heavy atom. The molecule has 0 fully saturated rings. The van der Waals surface area contributed by atoms with Crippen LogP contribution >= 0.6 is 11.6 Å². The van der Waals surface area contributed by atoms with E-state index >= 15 is 0 Å². The summed E-state index contributed by atoms with van der Waals surface area (Å²) in [7, 11) is 0. The Bertz CT molecular complexity index is 722. The van der Waals surface area contributed by atoms with Gasteiger partial charge >= 0.3 is 0 Å². The van der Waals surface area contributed by atoms with Crippen LogP contribution in [0.2, 0.25) is 5.02 Å². The minimum atomic E-state index is -0.541. The summed E-state index contributed by atoms with van der Waals surface area (Å²) in [6.07, 6.45) is 0. The first kappa shape index (κ1) is 12.6. The first-order valence-electron chi connectivity index (χ1n) is 5.89. The first-order valence-corrected chi connectivity index (χ1v) is 6.27. The van der Waals surface area contributed by atoms with Crippen molar-refractivity contribution < 1.29 is 4.79 Å². The number of rotatable bonds is 2. The van der Waals surface area contributed by atoms with Crippen LogP contribution in [0.4, 0.5) is 5.95 Å². The molecule has 2 aromatic rings. The van der Waals surface area contributed by atoms with Crippen molar-refractivity contribution in [3.63, 3.8) is 0 Å². The molecule has 0 unspecified atom stereocenters. The zero-order valence-corrected chi connectivity index (χ0v) is 11.3. The fourth-order valence-corrected chi connectivity index (χ4v) is 2.55. The zero-order chi connectivity index (χ0) is 14.3. The summed E-state index contributed by atoms with van der Waals surface area (Å²) in [6.45, 7) is 1.75. The number of benzene rings is 1. The number of fused-ring (bicyclic) bond motifs is 1. The van der Waals surface area contributed by atoms with Crippen LogP contribution in [0.15, 0.2) is 35.5 Å². The molecule has 0 aliphatic carbocycles. The van der Waals surface area contributed by atoms with E-state index in [1.54, 1.807) is 13.0 Å². The van der Waals surface area contributed by atoms with Gasteiger partial charge in [-0.25, -0.2) is 0 Å². The molecule has 1 aliphatic rings. The predicted octanol–water partition coefficient (Wildman–Crippen LogP) is 1.10. The molecule has 0 saturated carbocycles. The molecule has 1 aromatic carbocycles. The molecule has 0 bridgehead atoms. The van der Waals surface area contributed by atoms with Crippen LogP contribution in [0.25, 0.3) is 0 Å². The van der Waals surface area contributed by atoms with E-state index in [0.29, 0.717) is 22.2 Å². The van der Waals surface area contributed by atoms with Crippen molar-refractivity contribution in [1.82, 2.24) is 20.2 Å². The highest BCUT2D eigenvalue weighted by Crippen LogP contribution is 2.36. The average molecular weight is 291 g/mol. The van der Waals surface area contributed by atoms with Gasteiger partial charge in [0.1, 0.15) is 6.04 Å². The Labute approximate surface area is 119 Å². The van der Waals surface area contributed by atoms with E-state index in [9.17, 15) is 4.79 Å². The number of primary amides is 1. The summed E-state index contributed by atoms with van der Waals surface area (Å²) in [4.78, 5) is 11.8. The number of nitrogens with zero attached hydrogens (tertiary/aromatic N) is 4. The highest BCUT2D eigenvalue weighted by Gasteiger charge is 2.33. The van der Waals surface area contributed by atoms with Crippen molar-refractivity contribution >= 4 is 23.5 Å². The van der Waals surface area contributed by atoms with Crippen LogP contribution in [-0.2, 0) is 4.79 Å². The molecule has 0 saturated heterocycles. The minimum absolute atomic E-state index is 0.387. The third-order valence-electron chi connectivity index (χ3n) is 3.18. The van der Waals surface area contributed by atoms with E-state index in [1.807, 2.05) is 18.2 Å². The summed E-state index contributed by atoms with van der Waals surface area (Å²) < 4.78 is 1.49. The lowest BCUT2D eigenvalue weighted by Crippen LogP contribution is -2.32. The van der Waals surface area contributed by atoms with Crippen LogP contribution in [0, 0.1) is 0 Å². The summed E-state index contributed by atoms with van der Waals surface area (Å²) in [5.41, 5.74) is 7.22. The standard InChI is InChI=1S/C12H11ClN6O/c1-6-9(11(14)20)10(7-4-2-3-5-8(7)13)19-12(15-6)16-17-18-19/h2-5,10H,1H3,(H2,14,20)(H,15,16,18)/t10-/m1/s1. The van der Waals surface area contributed by atoms with E-state index in [-0.39, 0.29) is 0 Å². The Balaban J connectivity index is 2.25. The van der Waals surface area contributed by atoms with Crippen LogP contribution in [0.5, 0.6) is 0 Å². The predicted molar refractivity (Wildman–Crippen MR) is 72.9 cm³/mol. The number of nitrogens with two attached hydrogens (primary N) is 1. The SMILES string of the molecule is CC1=C(C(N)=O)[C@@H](c2ccccc2Cl)n2nnnc2N1. The second-order valence-electron chi connectivity index (χ2n) is 4.40. The summed E-state index contributed by atoms with van der Waals surface area (Å²) >= 11 is 6.23. The van der Waals surface area contributed by atoms with Gasteiger partial charge < -0.3 is 11.1 Å². The highest BCUT2D eigenvalue weighted by atomic mass is 35.5. The van der Waals surface area contributed by atoms with Crippen LogP contribution in [-0.4, -0.2) is 26.1 Å². The molecule has 1 aromatic heterocycles. The van der Waals surface area contributed by atoms with Crippen molar-refractivity contribution in [2.75, 3.05) is 5.32 Å². The monoisotopic (exact) mass is 290 g/mol. The van der Waals surface area contributed by atoms with Crippen molar-refractivity contribution in [3.8, 4) is 0 Å². The molecule has 1 amide bonds. The third kappa shape index (κ3) is 1.83. The topological polar surface area (TPSA) is 98.7 Å². The number of carbonyl (C=O) groups excluding carboxylic acids is 1. The van der Waals surface area contributed by atoms with Crippen LogP contribution in [0.1, 0.15) is 18.5 Å². The molecule has 1 atom stereocenters. The number of hydrogen-bond acceptors (Lipinski definition) is 5. The molecule has 102 valence electrons. The van der Waals surface area contributed by atoms with E-state index < -0.39 is 11.9 Å². The number of carbonyl (C=O) groups is 1. The smallest absolute Gasteiger partial charge is 0.248 e. The highest BCUT2D eigenvalue weighted by molar-refractivity contribution is 6.31. The largest absolute Gasteiger partial charge is 0.366 e. The molecule has 1 aliphatic heterocycles. The van der Waals surface area contributed by atoms with Gasteiger partial charge in [-0.15, -0.1) is 0 Å². The van der Waals surface area contributed by atoms with E-state index in [1.165, 1.54) is 4.68 Å². The maximum absolute atomic E-state index is 11.8. The van der Waals surface area contributed by atoms with Gasteiger partial charge in [0.05, 0.1) is 5.57 Å². The van der Waals surface area contributed by atoms with Crippen LogP contribution < -0.4 is 11.1 Å². The van der Waals surface area contributed by atoms with E-state index in [0.717, 1.165) is 5.56 Å². The maximum atomic E-state index is 11.8. The number of hydrogen-bond donors (Lipinski definition) is 2. The van der Waals surface area contributed by atoms with Gasteiger partial charge in [-0.05, 0) is 23.4 Å². The fourth-order valence-electron chi connectivity index (χ4n) is 2.32.